The van der Waals surface area contributed by atoms with Crippen LogP contribution in [0.25, 0.3) is 0 Å². The van der Waals surface area contributed by atoms with Crippen LogP contribution < -0.4 is 10.6 Å². The molecule has 0 radical (unpaired) electrons. The fourth-order valence-electron chi connectivity index (χ4n) is 2.44. The average Bonchev–Trinajstić information content (AvgIpc) is 2.69. The third-order valence-corrected chi connectivity index (χ3v) is 5.07. The van der Waals surface area contributed by atoms with Crippen LogP contribution in [0.1, 0.15) is 18.1 Å². The Morgan fingerprint density at radius 2 is 1.64 bits per heavy atom. The van der Waals surface area contributed by atoms with Gasteiger partial charge in [0.2, 0.25) is 0 Å². The van der Waals surface area contributed by atoms with E-state index in [1.165, 1.54) is 0 Å². The van der Waals surface area contributed by atoms with Gasteiger partial charge < -0.3 is 15.4 Å². The maximum atomic E-state index is 12.2. The van der Waals surface area contributed by atoms with E-state index in [2.05, 4.69) is 15.6 Å². The molecule has 5 nitrogen and oxygen atoms in total. The monoisotopic (exact) mass is 515 g/mol. The van der Waals surface area contributed by atoms with Crippen LogP contribution in [0.5, 0.6) is 0 Å². The van der Waals surface area contributed by atoms with Crippen LogP contribution in [-0.2, 0) is 27.9 Å². The van der Waals surface area contributed by atoms with Gasteiger partial charge in [-0.2, -0.15) is 0 Å². The molecule has 154 valence electrons. The molecule has 2 aromatic carbocycles. The van der Waals surface area contributed by atoms with Gasteiger partial charge in [-0.25, -0.2) is 0 Å². The van der Waals surface area contributed by atoms with Gasteiger partial charge in [-0.05, 0) is 18.1 Å². The fraction of sp³-hybridized carbons (Fsp3) is 0.381. The molecule has 0 aliphatic rings. The Morgan fingerprint density at radius 3 is 2.29 bits per heavy atom. The van der Waals surface area contributed by atoms with Crippen molar-refractivity contribution in [3.63, 3.8) is 0 Å². The molecule has 1 atom stereocenters. The van der Waals surface area contributed by atoms with Crippen LogP contribution in [0, 0.1) is 0 Å². The topological polar surface area (TPSA) is 62.7 Å². The molecule has 0 bridgehead atoms. The average molecular weight is 515 g/mol. The zero-order chi connectivity index (χ0) is 19.2. The lowest BCUT2D eigenvalue weighted by molar-refractivity contribution is 0.128. The number of hydrogen-bond donors (Lipinski definition) is 2. The number of nitrogens with zero attached hydrogens (tertiary/aromatic N) is 1. The highest BCUT2D eigenvalue weighted by molar-refractivity contribution is 14.0. The number of rotatable bonds is 11. The van der Waals surface area contributed by atoms with Gasteiger partial charge in [0.25, 0.3) is 0 Å². The van der Waals surface area contributed by atoms with Crippen LogP contribution >= 0.6 is 24.0 Å². The molecule has 1 unspecified atom stereocenters. The third kappa shape index (κ3) is 10.8. The summed E-state index contributed by atoms with van der Waals surface area (Å²) in [5, 5.41) is 6.44. The van der Waals surface area contributed by atoms with Crippen LogP contribution in [0.3, 0.4) is 0 Å². The molecule has 2 rings (SSSR count). The first-order chi connectivity index (χ1) is 13.3. The minimum atomic E-state index is -0.891. The predicted octanol–water partition coefficient (Wildman–Crippen LogP) is 3.33. The Hall–Kier alpha value is -1.45. The molecule has 0 amide bonds. The fourth-order valence-corrected chi connectivity index (χ4v) is 3.48. The molecular weight excluding hydrogens is 485 g/mol. The lowest BCUT2D eigenvalue weighted by atomic mass is 10.2. The molecule has 0 spiro atoms. The van der Waals surface area contributed by atoms with E-state index in [-0.39, 0.29) is 24.0 Å². The van der Waals surface area contributed by atoms with Crippen molar-refractivity contribution >= 4 is 40.7 Å². The number of ether oxygens (including phenoxy) is 1. The Balaban J connectivity index is 0.00000392. The summed E-state index contributed by atoms with van der Waals surface area (Å²) in [6.07, 6.45) is 0. The van der Waals surface area contributed by atoms with Crippen molar-refractivity contribution in [2.75, 3.05) is 32.0 Å². The van der Waals surface area contributed by atoms with Gasteiger partial charge in [-0.1, -0.05) is 60.7 Å². The van der Waals surface area contributed by atoms with Gasteiger partial charge in [-0.3, -0.25) is 9.20 Å². The van der Waals surface area contributed by atoms with Crippen molar-refractivity contribution in [2.24, 2.45) is 4.99 Å². The van der Waals surface area contributed by atoms with Gasteiger partial charge in [0, 0.05) is 35.4 Å². The third-order valence-electron chi connectivity index (χ3n) is 3.75. The van der Waals surface area contributed by atoms with E-state index in [0.29, 0.717) is 37.8 Å². The van der Waals surface area contributed by atoms with E-state index in [1.54, 1.807) is 0 Å². The Morgan fingerprint density at radius 1 is 1.00 bits per heavy atom. The maximum absolute atomic E-state index is 12.2. The zero-order valence-corrected chi connectivity index (χ0v) is 19.5. The predicted molar refractivity (Wildman–Crippen MR) is 129 cm³/mol. The number of halogens is 1. The summed E-state index contributed by atoms with van der Waals surface area (Å²) in [7, 11) is -0.891. The summed E-state index contributed by atoms with van der Waals surface area (Å²) in [6, 6.07) is 20.0. The van der Waals surface area contributed by atoms with E-state index in [0.717, 1.165) is 23.6 Å². The lowest BCUT2D eigenvalue weighted by Gasteiger charge is -2.11. The highest BCUT2D eigenvalue weighted by Gasteiger charge is 2.03. The van der Waals surface area contributed by atoms with E-state index >= 15 is 0 Å². The van der Waals surface area contributed by atoms with Gasteiger partial charge >= 0.3 is 0 Å². The molecule has 0 aromatic heterocycles. The van der Waals surface area contributed by atoms with Gasteiger partial charge in [0.15, 0.2) is 5.96 Å². The quantitative estimate of drug-likeness (QED) is 0.209. The van der Waals surface area contributed by atoms with Crippen molar-refractivity contribution in [3.05, 3.63) is 71.8 Å². The molecule has 0 aliphatic heterocycles. The second-order valence-corrected chi connectivity index (χ2v) is 7.58. The van der Waals surface area contributed by atoms with Crippen LogP contribution in [0.2, 0.25) is 0 Å². The standard InChI is InChI=1S/C21H29N3O2S.HI/c1-2-22-21(23-13-15-26-17-19-9-5-3-6-10-19)24-14-16-27(25)18-20-11-7-4-8-12-20;/h3-12H,2,13-18H2,1H3,(H2,22,23,24);1H. The highest BCUT2D eigenvalue weighted by Crippen LogP contribution is 2.02. The summed E-state index contributed by atoms with van der Waals surface area (Å²) < 4.78 is 17.8. The van der Waals surface area contributed by atoms with E-state index in [1.807, 2.05) is 67.6 Å². The summed E-state index contributed by atoms with van der Waals surface area (Å²) >= 11 is 0. The first kappa shape index (κ1) is 24.6. The minimum Gasteiger partial charge on any atom is -0.375 e. The lowest BCUT2D eigenvalue weighted by Crippen LogP contribution is -2.39. The normalized spacial score (nSPS) is 12.1. The summed E-state index contributed by atoms with van der Waals surface area (Å²) in [6.45, 7) is 5.16. The van der Waals surface area contributed by atoms with Gasteiger partial charge in [0.1, 0.15) is 0 Å². The molecule has 0 saturated carbocycles. The molecule has 0 heterocycles. The smallest absolute Gasteiger partial charge is 0.191 e. The number of guanidine groups is 1. The molecule has 28 heavy (non-hydrogen) atoms. The molecule has 0 fully saturated rings. The van der Waals surface area contributed by atoms with Crippen LogP contribution in [0.15, 0.2) is 65.7 Å². The summed E-state index contributed by atoms with van der Waals surface area (Å²) in [5.74, 6) is 1.91. The molecule has 0 saturated heterocycles. The summed E-state index contributed by atoms with van der Waals surface area (Å²) in [4.78, 5) is 4.50. The first-order valence-electron chi connectivity index (χ1n) is 9.30. The molecule has 2 N–H and O–H groups in total. The maximum Gasteiger partial charge on any atom is 0.191 e. The van der Waals surface area contributed by atoms with E-state index in [4.69, 9.17) is 4.74 Å². The Labute approximate surface area is 187 Å². The molecular formula is C21H30IN3O2S. The first-order valence-corrected chi connectivity index (χ1v) is 10.8. The molecule has 0 aliphatic carbocycles. The SMILES string of the molecule is CCNC(=NCCOCc1ccccc1)NCCS(=O)Cc1ccccc1.I. The van der Waals surface area contributed by atoms with Crippen molar-refractivity contribution in [1.29, 1.82) is 0 Å². The number of hydrogen-bond acceptors (Lipinski definition) is 3. The summed E-state index contributed by atoms with van der Waals surface area (Å²) in [5.41, 5.74) is 2.26. The molecule has 2 aromatic rings. The van der Waals surface area contributed by atoms with Crippen molar-refractivity contribution in [3.8, 4) is 0 Å². The number of benzene rings is 2. The Kier molecular flexibility index (Phi) is 13.6. The van der Waals surface area contributed by atoms with Crippen molar-refractivity contribution in [2.45, 2.75) is 19.3 Å². The van der Waals surface area contributed by atoms with Crippen molar-refractivity contribution in [1.82, 2.24) is 10.6 Å². The van der Waals surface area contributed by atoms with Crippen LogP contribution in [0.4, 0.5) is 0 Å². The minimum absolute atomic E-state index is 0. The van der Waals surface area contributed by atoms with Crippen LogP contribution in [-0.4, -0.2) is 42.2 Å². The van der Waals surface area contributed by atoms with Gasteiger partial charge in [-0.15, -0.1) is 24.0 Å². The second kappa shape index (κ2) is 15.5. The Bertz CT molecular complexity index is 699. The molecule has 7 heteroatoms. The largest absolute Gasteiger partial charge is 0.375 e. The highest BCUT2D eigenvalue weighted by atomic mass is 127. The van der Waals surface area contributed by atoms with Crippen molar-refractivity contribution < 1.29 is 8.95 Å². The zero-order valence-electron chi connectivity index (χ0n) is 16.3. The van der Waals surface area contributed by atoms with E-state index < -0.39 is 10.8 Å². The number of nitrogens with one attached hydrogen (secondary N) is 2. The van der Waals surface area contributed by atoms with Gasteiger partial charge in [0.05, 0.1) is 19.8 Å². The van der Waals surface area contributed by atoms with E-state index in [9.17, 15) is 4.21 Å². The second-order valence-electron chi connectivity index (χ2n) is 6.00. The number of aliphatic imine (C=N–C) groups is 1.